The number of Topliss-reactive ketones (excluding diaryl/α,β-unsaturated/α-hetero) is 1. The molecule has 2 rings (SSSR count). The first kappa shape index (κ1) is 21.8. The average Bonchev–Trinajstić information content (AvgIpc) is 2.81. The number of aromatic nitrogens is 1. The second kappa shape index (κ2) is 7.58. The van der Waals surface area contributed by atoms with E-state index < -0.39 is 0 Å². The fourth-order valence-electron chi connectivity index (χ4n) is 2.72. The van der Waals surface area contributed by atoms with Gasteiger partial charge in [-0.15, -0.1) is 0 Å². The fourth-order valence-corrected chi connectivity index (χ4v) is 3.36. The summed E-state index contributed by atoms with van der Waals surface area (Å²) in [5, 5.41) is 10.7. The van der Waals surface area contributed by atoms with E-state index in [-0.39, 0.29) is 33.6 Å². The Morgan fingerprint density at radius 2 is 1.56 bits per heavy atom. The number of hydrogen-bond acceptors (Lipinski definition) is 3. The van der Waals surface area contributed by atoms with Crippen LogP contribution in [0.25, 0.3) is 0 Å². The molecular formula is C20H28BrNO2S. The van der Waals surface area contributed by atoms with E-state index in [0.717, 1.165) is 11.1 Å². The number of halogens is 1. The third kappa shape index (κ3) is 5.14. The van der Waals surface area contributed by atoms with Crippen molar-refractivity contribution in [1.29, 1.82) is 0 Å². The van der Waals surface area contributed by atoms with E-state index in [2.05, 4.69) is 41.5 Å². The normalized spacial score (nSPS) is 12.0. The molecule has 0 atom stereocenters. The van der Waals surface area contributed by atoms with Crippen LogP contribution in [0.1, 0.15) is 67.9 Å². The molecule has 2 aromatic rings. The van der Waals surface area contributed by atoms with Crippen LogP contribution >= 0.6 is 11.3 Å². The van der Waals surface area contributed by atoms with Crippen LogP contribution in [0, 0.1) is 6.92 Å². The number of aromatic hydroxyl groups is 1. The topological polar surface area (TPSA) is 41.2 Å². The first-order valence-corrected chi connectivity index (χ1v) is 9.13. The van der Waals surface area contributed by atoms with Gasteiger partial charge >= 0.3 is 0 Å². The molecule has 0 spiro atoms. The number of phenols is 1. The van der Waals surface area contributed by atoms with Crippen molar-refractivity contribution in [3.63, 3.8) is 0 Å². The molecule has 25 heavy (non-hydrogen) atoms. The Morgan fingerprint density at radius 1 is 1.08 bits per heavy atom. The number of thiazole rings is 1. The third-order valence-corrected chi connectivity index (χ3v) is 4.95. The smallest absolute Gasteiger partial charge is 0.227 e. The first-order chi connectivity index (χ1) is 10.9. The maximum atomic E-state index is 12.8. The molecule has 5 heteroatoms. The third-order valence-electron chi connectivity index (χ3n) is 4.10. The van der Waals surface area contributed by atoms with E-state index >= 15 is 0 Å². The van der Waals surface area contributed by atoms with Crippen molar-refractivity contribution < 1.29 is 31.4 Å². The molecule has 0 unspecified atom stereocenters. The van der Waals surface area contributed by atoms with Gasteiger partial charge in [0.2, 0.25) is 17.8 Å². The van der Waals surface area contributed by atoms with Gasteiger partial charge in [-0.2, -0.15) is 4.57 Å². The Kier molecular flexibility index (Phi) is 6.63. The van der Waals surface area contributed by atoms with E-state index in [0.29, 0.717) is 17.9 Å². The Labute approximate surface area is 165 Å². The molecule has 0 aliphatic heterocycles. The van der Waals surface area contributed by atoms with E-state index in [1.54, 1.807) is 11.3 Å². The van der Waals surface area contributed by atoms with Crippen LogP contribution in [0.2, 0.25) is 0 Å². The minimum atomic E-state index is -0.230. The van der Waals surface area contributed by atoms with Crippen molar-refractivity contribution in [3.8, 4) is 5.75 Å². The number of benzene rings is 1. The van der Waals surface area contributed by atoms with Crippen molar-refractivity contribution in [2.75, 3.05) is 0 Å². The summed E-state index contributed by atoms with van der Waals surface area (Å²) in [4.78, 5) is 14.0. The summed E-state index contributed by atoms with van der Waals surface area (Å²) in [6.07, 6.45) is 1.98. The quantitative estimate of drug-likeness (QED) is 0.598. The summed E-state index contributed by atoms with van der Waals surface area (Å²) >= 11 is 1.63. The van der Waals surface area contributed by atoms with Crippen molar-refractivity contribution in [2.24, 2.45) is 0 Å². The van der Waals surface area contributed by atoms with E-state index in [1.165, 1.54) is 4.88 Å². The molecule has 0 saturated carbocycles. The highest BCUT2D eigenvalue weighted by molar-refractivity contribution is 7.09. The molecule has 0 fully saturated rings. The summed E-state index contributed by atoms with van der Waals surface area (Å²) < 4.78 is 1.92. The fraction of sp³-hybridized carbons (Fsp3) is 0.500. The van der Waals surface area contributed by atoms with Crippen molar-refractivity contribution in [1.82, 2.24) is 0 Å². The molecule has 3 nitrogen and oxygen atoms in total. The van der Waals surface area contributed by atoms with Crippen LogP contribution in [0.3, 0.4) is 0 Å². The number of carbonyl (C=O) groups is 1. The van der Waals surface area contributed by atoms with Gasteiger partial charge in [0.1, 0.15) is 5.75 Å². The molecule has 0 aliphatic rings. The predicted octanol–water partition coefficient (Wildman–Crippen LogP) is 1.53. The highest BCUT2D eigenvalue weighted by atomic mass is 79.9. The number of phenolic OH excluding ortho intramolecular Hbond substituents is 1. The molecule has 1 aromatic carbocycles. The number of rotatable bonds is 3. The zero-order valence-corrected chi connectivity index (χ0v) is 18.5. The zero-order chi connectivity index (χ0) is 18.3. The Bertz CT molecular complexity index is 732. The van der Waals surface area contributed by atoms with Crippen LogP contribution in [-0.2, 0) is 17.4 Å². The van der Waals surface area contributed by atoms with Crippen LogP contribution in [0.5, 0.6) is 5.75 Å². The molecular weight excluding hydrogens is 398 g/mol. The lowest BCUT2D eigenvalue weighted by Crippen LogP contribution is -3.00. The summed E-state index contributed by atoms with van der Waals surface area (Å²) in [6, 6.07) is 3.71. The van der Waals surface area contributed by atoms with Crippen LogP contribution in [-0.4, -0.2) is 10.9 Å². The van der Waals surface area contributed by atoms with Gasteiger partial charge in [0, 0.05) is 16.7 Å². The summed E-state index contributed by atoms with van der Waals surface area (Å²) in [5.41, 5.74) is 3.82. The number of nitrogens with zero attached hydrogens (tertiary/aromatic N) is 1. The van der Waals surface area contributed by atoms with Gasteiger partial charge in [-0.05, 0) is 29.9 Å². The maximum absolute atomic E-state index is 12.8. The van der Waals surface area contributed by atoms with Crippen molar-refractivity contribution in [3.05, 3.63) is 45.4 Å². The van der Waals surface area contributed by atoms with E-state index in [4.69, 9.17) is 0 Å². The lowest BCUT2D eigenvalue weighted by atomic mass is 9.78. The molecule has 138 valence electrons. The SMILES string of the molecule is Cc1c[n+](CC(=O)c2cc(C(C)(C)C)c(O)c(C(C)(C)C)c2)cs1.[Br-]. The minimum Gasteiger partial charge on any atom is -1.00 e. The monoisotopic (exact) mass is 425 g/mol. The lowest BCUT2D eigenvalue weighted by molar-refractivity contribution is -0.678. The molecule has 1 aromatic heterocycles. The first-order valence-electron chi connectivity index (χ1n) is 8.25. The van der Waals surface area contributed by atoms with E-state index in [9.17, 15) is 9.90 Å². The standard InChI is InChI=1S/C20H27NO2S.BrH/c1-13-10-21(12-24-13)11-17(22)14-8-15(19(2,3)4)18(23)16(9-14)20(5,6)7;/h8-10,12H,11H2,1-7H3;1H. The molecule has 0 saturated heterocycles. The van der Waals surface area contributed by atoms with Gasteiger partial charge in [-0.25, -0.2) is 0 Å². The highest BCUT2D eigenvalue weighted by Crippen LogP contribution is 2.39. The minimum absolute atomic E-state index is 0. The molecule has 0 amide bonds. The van der Waals surface area contributed by atoms with Crippen LogP contribution < -0.4 is 21.5 Å². The summed E-state index contributed by atoms with van der Waals surface area (Å²) in [6.45, 7) is 14.7. The van der Waals surface area contributed by atoms with Crippen LogP contribution in [0.4, 0.5) is 0 Å². The molecule has 0 radical (unpaired) electrons. The average molecular weight is 426 g/mol. The van der Waals surface area contributed by atoms with Crippen LogP contribution in [0.15, 0.2) is 23.8 Å². The second-order valence-corrected chi connectivity index (χ2v) is 9.57. The zero-order valence-electron chi connectivity index (χ0n) is 16.1. The second-order valence-electron chi connectivity index (χ2n) is 8.48. The van der Waals surface area contributed by atoms with Gasteiger partial charge in [0.05, 0.1) is 4.88 Å². The Morgan fingerprint density at radius 3 is 1.92 bits per heavy atom. The van der Waals surface area contributed by atoms with Gasteiger partial charge in [-0.1, -0.05) is 52.9 Å². The highest BCUT2D eigenvalue weighted by Gasteiger charge is 2.28. The Hall–Kier alpha value is -1.20. The van der Waals surface area contributed by atoms with Gasteiger partial charge in [0.15, 0.2) is 6.20 Å². The molecule has 0 aliphatic carbocycles. The van der Waals surface area contributed by atoms with E-state index in [1.807, 2.05) is 35.3 Å². The predicted molar refractivity (Wildman–Crippen MR) is 99.1 cm³/mol. The summed E-state index contributed by atoms with van der Waals surface area (Å²) in [7, 11) is 0. The molecule has 0 bridgehead atoms. The summed E-state index contributed by atoms with van der Waals surface area (Å²) in [5.74, 6) is 0.374. The molecule has 1 N–H and O–H groups in total. The van der Waals surface area contributed by atoms with Crippen molar-refractivity contribution in [2.45, 2.75) is 65.8 Å². The maximum Gasteiger partial charge on any atom is 0.227 e. The lowest BCUT2D eigenvalue weighted by Gasteiger charge is -2.27. The van der Waals surface area contributed by atoms with Gasteiger partial charge in [-0.3, -0.25) is 4.79 Å². The van der Waals surface area contributed by atoms with Gasteiger partial charge in [0.25, 0.3) is 0 Å². The largest absolute Gasteiger partial charge is 1.00 e. The molecule has 1 heterocycles. The van der Waals surface area contributed by atoms with Crippen molar-refractivity contribution >= 4 is 17.1 Å². The number of carbonyl (C=O) groups excluding carboxylic acids is 1. The van der Waals surface area contributed by atoms with Gasteiger partial charge < -0.3 is 22.1 Å². The number of hydrogen-bond donors (Lipinski definition) is 1. The number of aryl methyl sites for hydroxylation is 1. The Balaban J connectivity index is 0.00000312. The number of ketones is 1.